The Balaban J connectivity index is 2.84. The summed E-state index contributed by atoms with van der Waals surface area (Å²) in [5.74, 6) is 0. The number of aromatic nitrogens is 1. The SMILES string of the molecule is CS(=O)(=O)OCCCCCc1ccncc1N(S(C)(=O)=O)S(C)(=O)=O. The van der Waals surface area contributed by atoms with E-state index in [1.54, 1.807) is 6.07 Å². The molecular weight excluding hydrogens is 392 g/mol. The standard InChI is InChI=1S/C13H22N2O7S3/c1-23(16,17)15(24(2,18)19)13-11-14-9-8-12(13)7-5-4-6-10-22-25(3,20)21/h8-9,11H,4-7,10H2,1-3H3. The van der Waals surface area contributed by atoms with E-state index in [0.717, 1.165) is 18.8 Å². The average Bonchev–Trinajstić information content (AvgIpc) is 2.40. The van der Waals surface area contributed by atoms with E-state index in [2.05, 4.69) is 9.17 Å². The molecule has 0 N–H and O–H groups in total. The van der Waals surface area contributed by atoms with Gasteiger partial charge in [-0.25, -0.2) is 16.8 Å². The van der Waals surface area contributed by atoms with Crippen molar-refractivity contribution in [3.8, 4) is 0 Å². The lowest BCUT2D eigenvalue weighted by molar-refractivity contribution is 0.310. The van der Waals surface area contributed by atoms with Crippen LogP contribution >= 0.6 is 0 Å². The third kappa shape index (κ3) is 7.67. The highest BCUT2D eigenvalue weighted by Gasteiger charge is 2.29. The van der Waals surface area contributed by atoms with Crippen molar-refractivity contribution >= 4 is 35.9 Å². The number of nitrogens with zero attached hydrogens (tertiary/aromatic N) is 2. The van der Waals surface area contributed by atoms with Crippen molar-refractivity contribution in [2.75, 3.05) is 29.1 Å². The molecule has 0 spiro atoms. The van der Waals surface area contributed by atoms with Gasteiger partial charge in [0, 0.05) is 6.20 Å². The van der Waals surface area contributed by atoms with Gasteiger partial charge in [-0.1, -0.05) is 6.42 Å². The molecule has 1 aromatic heterocycles. The van der Waals surface area contributed by atoms with Crippen LogP contribution in [0.25, 0.3) is 0 Å². The number of hydrogen-bond donors (Lipinski definition) is 0. The number of sulfonamides is 2. The van der Waals surface area contributed by atoms with Gasteiger partial charge >= 0.3 is 0 Å². The summed E-state index contributed by atoms with van der Waals surface area (Å²) in [7, 11) is -11.5. The zero-order valence-electron chi connectivity index (χ0n) is 14.2. The Bertz CT molecular complexity index is 861. The molecule has 0 amide bonds. The normalized spacial score (nSPS) is 12.9. The van der Waals surface area contributed by atoms with Crippen molar-refractivity contribution < 1.29 is 29.4 Å². The molecule has 0 atom stereocenters. The van der Waals surface area contributed by atoms with Gasteiger partial charge in [0.15, 0.2) is 0 Å². The molecule has 0 aliphatic heterocycles. The summed E-state index contributed by atoms with van der Waals surface area (Å²) < 4.78 is 74.2. The van der Waals surface area contributed by atoms with Crippen LogP contribution in [-0.4, -0.2) is 55.6 Å². The lowest BCUT2D eigenvalue weighted by atomic mass is 10.1. The van der Waals surface area contributed by atoms with Crippen LogP contribution < -0.4 is 3.71 Å². The van der Waals surface area contributed by atoms with E-state index in [1.165, 1.54) is 12.4 Å². The highest BCUT2D eigenvalue weighted by molar-refractivity contribution is 8.09. The molecule has 1 aromatic rings. The number of anilines is 1. The predicted octanol–water partition coefficient (Wildman–Crippen LogP) is 0.496. The van der Waals surface area contributed by atoms with E-state index in [4.69, 9.17) is 0 Å². The summed E-state index contributed by atoms with van der Waals surface area (Å²) in [5, 5.41) is 0. The van der Waals surface area contributed by atoms with Crippen LogP contribution in [0.4, 0.5) is 5.69 Å². The number of unbranched alkanes of at least 4 members (excludes halogenated alkanes) is 2. The van der Waals surface area contributed by atoms with Gasteiger partial charge in [0.1, 0.15) is 0 Å². The molecule has 12 heteroatoms. The van der Waals surface area contributed by atoms with E-state index in [-0.39, 0.29) is 12.3 Å². The molecule has 1 rings (SSSR count). The van der Waals surface area contributed by atoms with Crippen molar-refractivity contribution in [1.29, 1.82) is 0 Å². The summed E-state index contributed by atoms with van der Waals surface area (Å²) in [4.78, 5) is 3.82. The summed E-state index contributed by atoms with van der Waals surface area (Å²) in [6, 6.07) is 1.56. The second kappa shape index (κ2) is 8.43. The maximum absolute atomic E-state index is 11.9. The van der Waals surface area contributed by atoms with Gasteiger partial charge in [-0.05, 0) is 30.9 Å². The van der Waals surface area contributed by atoms with E-state index in [9.17, 15) is 25.3 Å². The lowest BCUT2D eigenvalue weighted by Crippen LogP contribution is -2.36. The quantitative estimate of drug-likeness (QED) is 0.400. The van der Waals surface area contributed by atoms with Crippen molar-refractivity contribution in [3.05, 3.63) is 24.0 Å². The number of aryl methyl sites for hydroxylation is 1. The molecule has 0 saturated heterocycles. The number of pyridine rings is 1. The Hall–Kier alpha value is -1.24. The Kier molecular flexibility index (Phi) is 7.35. The second-order valence-electron chi connectivity index (χ2n) is 5.56. The van der Waals surface area contributed by atoms with Gasteiger partial charge in [-0.15, -0.1) is 0 Å². The first-order chi connectivity index (χ1) is 11.3. The first-order valence-corrected chi connectivity index (χ1v) is 12.8. The van der Waals surface area contributed by atoms with Crippen LogP contribution in [0, 0.1) is 0 Å². The predicted molar refractivity (Wildman–Crippen MR) is 94.8 cm³/mol. The van der Waals surface area contributed by atoms with Crippen molar-refractivity contribution in [1.82, 2.24) is 4.98 Å². The second-order valence-corrected chi connectivity index (χ2v) is 11.1. The molecule has 9 nitrogen and oxygen atoms in total. The van der Waals surface area contributed by atoms with Gasteiger partial charge in [0.25, 0.3) is 10.1 Å². The van der Waals surface area contributed by atoms with Crippen molar-refractivity contribution in [3.63, 3.8) is 0 Å². The largest absolute Gasteiger partial charge is 0.270 e. The fourth-order valence-corrected chi connectivity index (χ4v) is 5.63. The fourth-order valence-electron chi connectivity index (χ4n) is 2.20. The smallest absolute Gasteiger partial charge is 0.264 e. The van der Waals surface area contributed by atoms with Crippen LogP contribution in [0.1, 0.15) is 24.8 Å². The third-order valence-corrected chi connectivity index (χ3v) is 6.89. The summed E-state index contributed by atoms with van der Waals surface area (Å²) >= 11 is 0. The molecule has 0 fully saturated rings. The number of hydrogen-bond acceptors (Lipinski definition) is 8. The Morgan fingerprint density at radius 2 is 1.56 bits per heavy atom. The Labute approximate surface area is 149 Å². The van der Waals surface area contributed by atoms with Crippen molar-refractivity contribution in [2.24, 2.45) is 0 Å². The van der Waals surface area contributed by atoms with Gasteiger partial charge in [-0.2, -0.15) is 12.1 Å². The molecule has 0 unspecified atom stereocenters. The van der Waals surface area contributed by atoms with E-state index < -0.39 is 30.2 Å². The molecule has 0 saturated carbocycles. The molecule has 25 heavy (non-hydrogen) atoms. The topological polar surface area (TPSA) is 128 Å². The minimum absolute atomic E-state index is 0.000106. The minimum Gasteiger partial charge on any atom is -0.270 e. The summed E-state index contributed by atoms with van der Waals surface area (Å²) in [6.45, 7) is 0.0703. The van der Waals surface area contributed by atoms with E-state index in [0.29, 0.717) is 35.0 Å². The van der Waals surface area contributed by atoms with Gasteiger partial charge in [0.2, 0.25) is 20.0 Å². The van der Waals surface area contributed by atoms with Crippen LogP contribution in [0.2, 0.25) is 0 Å². The zero-order chi connectivity index (χ0) is 19.3. The molecule has 0 radical (unpaired) electrons. The number of rotatable bonds is 10. The van der Waals surface area contributed by atoms with Crippen LogP contribution in [0.15, 0.2) is 18.5 Å². The molecular formula is C13H22N2O7S3. The van der Waals surface area contributed by atoms with E-state index in [1.807, 2.05) is 0 Å². The minimum atomic E-state index is -4.04. The molecule has 0 aliphatic carbocycles. The maximum atomic E-state index is 11.9. The lowest BCUT2D eigenvalue weighted by Gasteiger charge is -2.22. The molecule has 0 aromatic carbocycles. The highest BCUT2D eigenvalue weighted by Crippen LogP contribution is 2.26. The molecule has 1 heterocycles. The van der Waals surface area contributed by atoms with Crippen LogP contribution in [0.3, 0.4) is 0 Å². The van der Waals surface area contributed by atoms with Gasteiger partial charge < -0.3 is 0 Å². The zero-order valence-corrected chi connectivity index (χ0v) is 16.7. The summed E-state index contributed by atoms with van der Waals surface area (Å²) in [5.41, 5.74) is 0.523. The van der Waals surface area contributed by atoms with Gasteiger partial charge in [-0.3, -0.25) is 9.17 Å². The maximum Gasteiger partial charge on any atom is 0.264 e. The first kappa shape index (κ1) is 21.8. The Morgan fingerprint density at radius 1 is 0.960 bits per heavy atom. The fraction of sp³-hybridized carbons (Fsp3) is 0.615. The molecule has 144 valence electrons. The highest BCUT2D eigenvalue weighted by atomic mass is 32.3. The Morgan fingerprint density at radius 3 is 2.08 bits per heavy atom. The van der Waals surface area contributed by atoms with Crippen LogP contribution in [-0.2, 0) is 40.8 Å². The monoisotopic (exact) mass is 414 g/mol. The third-order valence-electron chi connectivity index (χ3n) is 3.07. The van der Waals surface area contributed by atoms with E-state index >= 15 is 0 Å². The summed E-state index contributed by atoms with van der Waals surface area (Å²) in [6.07, 6.45) is 7.41. The molecule has 0 aliphatic rings. The van der Waals surface area contributed by atoms with Crippen LogP contribution in [0.5, 0.6) is 0 Å². The first-order valence-electron chi connectivity index (χ1n) is 7.30. The average molecular weight is 415 g/mol. The molecule has 0 bridgehead atoms. The van der Waals surface area contributed by atoms with Gasteiger partial charge in [0.05, 0.1) is 37.3 Å². The van der Waals surface area contributed by atoms with Crippen molar-refractivity contribution in [2.45, 2.75) is 25.7 Å².